The highest BCUT2D eigenvalue weighted by molar-refractivity contribution is 7.92. The van der Waals surface area contributed by atoms with Crippen molar-refractivity contribution in [1.29, 1.82) is 0 Å². The number of benzene rings is 3. The van der Waals surface area contributed by atoms with E-state index in [1.165, 1.54) is 13.2 Å². The number of carbonyl (C=O) groups excluding carboxylic acids is 1. The molecule has 0 aliphatic carbocycles. The van der Waals surface area contributed by atoms with E-state index in [1.54, 1.807) is 48.2 Å². The fourth-order valence-corrected chi connectivity index (χ4v) is 5.45. The van der Waals surface area contributed by atoms with E-state index in [1.807, 2.05) is 37.3 Å². The molecule has 0 aromatic heterocycles. The van der Waals surface area contributed by atoms with E-state index in [-0.39, 0.29) is 23.0 Å². The Labute approximate surface area is 200 Å². The Hall–Kier alpha value is -3.36. The number of rotatable bonds is 6. The van der Waals surface area contributed by atoms with E-state index < -0.39 is 10.0 Å². The van der Waals surface area contributed by atoms with Gasteiger partial charge in [-0.05, 0) is 49.2 Å². The standard InChI is InChI=1S/C26H28N2O5S/c1-18-13-14-21(15-25(18)34(30,31)27-22-11-7-8-12-23(22)32-3)26(29)28-16-19(2)33-24(17-28)20-9-5-4-6-10-20/h4-15,19,24,27H,16-17H2,1-3H3. The predicted octanol–water partition coefficient (Wildman–Crippen LogP) is 4.41. The highest BCUT2D eigenvalue weighted by atomic mass is 32.2. The lowest BCUT2D eigenvalue weighted by molar-refractivity contribution is -0.0691. The molecule has 1 amide bonds. The van der Waals surface area contributed by atoms with Gasteiger partial charge in [0.1, 0.15) is 11.9 Å². The largest absolute Gasteiger partial charge is 0.495 e. The number of anilines is 1. The van der Waals surface area contributed by atoms with Gasteiger partial charge in [0.05, 0.1) is 30.3 Å². The topological polar surface area (TPSA) is 84.9 Å². The summed E-state index contributed by atoms with van der Waals surface area (Å²) in [6.45, 7) is 4.45. The Bertz CT molecular complexity index is 1280. The van der Waals surface area contributed by atoms with Gasteiger partial charge in [0.15, 0.2) is 0 Å². The minimum absolute atomic E-state index is 0.0465. The number of hydrogen-bond donors (Lipinski definition) is 1. The molecule has 7 nitrogen and oxygen atoms in total. The van der Waals surface area contributed by atoms with Crippen LogP contribution in [0.4, 0.5) is 5.69 Å². The summed E-state index contributed by atoms with van der Waals surface area (Å²) >= 11 is 0. The average Bonchev–Trinajstić information content (AvgIpc) is 2.84. The molecule has 0 bridgehead atoms. The molecule has 0 saturated carbocycles. The molecule has 34 heavy (non-hydrogen) atoms. The molecule has 1 heterocycles. The van der Waals surface area contributed by atoms with E-state index in [0.29, 0.717) is 35.7 Å². The Morgan fingerprint density at radius 3 is 2.47 bits per heavy atom. The van der Waals surface area contributed by atoms with Crippen LogP contribution in [0.25, 0.3) is 0 Å². The van der Waals surface area contributed by atoms with E-state index in [9.17, 15) is 13.2 Å². The first kappa shape index (κ1) is 23.8. The predicted molar refractivity (Wildman–Crippen MR) is 131 cm³/mol. The van der Waals surface area contributed by atoms with Crippen molar-refractivity contribution >= 4 is 21.6 Å². The summed E-state index contributed by atoms with van der Waals surface area (Å²) in [6, 6.07) is 21.3. The second-order valence-corrected chi connectivity index (χ2v) is 9.99. The van der Waals surface area contributed by atoms with E-state index >= 15 is 0 Å². The van der Waals surface area contributed by atoms with Gasteiger partial charge in [-0.15, -0.1) is 0 Å². The second-order valence-electron chi connectivity index (χ2n) is 8.34. The summed E-state index contributed by atoms with van der Waals surface area (Å²) in [7, 11) is -2.48. The first-order valence-electron chi connectivity index (χ1n) is 11.0. The molecule has 178 valence electrons. The smallest absolute Gasteiger partial charge is 0.262 e. The number of nitrogens with one attached hydrogen (secondary N) is 1. The molecule has 2 atom stereocenters. The number of methoxy groups -OCH3 is 1. The summed E-state index contributed by atoms with van der Waals surface area (Å²) in [5.41, 5.74) is 2.18. The zero-order chi connectivity index (χ0) is 24.3. The molecular formula is C26H28N2O5S. The van der Waals surface area contributed by atoms with Crippen LogP contribution in [0.15, 0.2) is 77.7 Å². The number of para-hydroxylation sites is 2. The number of sulfonamides is 1. The van der Waals surface area contributed by atoms with Crippen molar-refractivity contribution in [2.24, 2.45) is 0 Å². The molecule has 4 rings (SSSR count). The molecule has 0 spiro atoms. The van der Waals surface area contributed by atoms with Gasteiger partial charge < -0.3 is 14.4 Å². The van der Waals surface area contributed by atoms with Gasteiger partial charge in [-0.3, -0.25) is 9.52 Å². The lowest BCUT2D eigenvalue weighted by atomic mass is 10.1. The molecule has 1 aliphatic rings. The van der Waals surface area contributed by atoms with Crippen LogP contribution in [0.5, 0.6) is 5.75 Å². The summed E-state index contributed by atoms with van der Waals surface area (Å²) in [5, 5.41) is 0. The maximum absolute atomic E-state index is 13.4. The molecule has 1 fully saturated rings. The number of carbonyl (C=O) groups is 1. The maximum atomic E-state index is 13.4. The van der Waals surface area contributed by atoms with Crippen LogP contribution >= 0.6 is 0 Å². The zero-order valence-electron chi connectivity index (χ0n) is 19.4. The summed E-state index contributed by atoms with van der Waals surface area (Å²) in [4.78, 5) is 15.2. The Morgan fingerprint density at radius 2 is 1.74 bits per heavy atom. The van der Waals surface area contributed by atoms with Crippen LogP contribution in [-0.2, 0) is 14.8 Å². The second kappa shape index (κ2) is 9.87. The lowest BCUT2D eigenvalue weighted by Gasteiger charge is -2.37. The third kappa shape index (κ3) is 5.08. The van der Waals surface area contributed by atoms with Gasteiger partial charge in [0.25, 0.3) is 15.9 Å². The van der Waals surface area contributed by atoms with Crippen molar-refractivity contribution in [3.05, 3.63) is 89.5 Å². The zero-order valence-corrected chi connectivity index (χ0v) is 20.2. The molecule has 2 unspecified atom stereocenters. The Balaban J connectivity index is 1.60. The molecule has 3 aromatic carbocycles. The summed E-state index contributed by atoms with van der Waals surface area (Å²) in [5.74, 6) is 0.176. The number of aryl methyl sites for hydroxylation is 1. The Morgan fingerprint density at radius 1 is 1.03 bits per heavy atom. The number of ether oxygens (including phenoxy) is 2. The van der Waals surface area contributed by atoms with Gasteiger partial charge in [-0.2, -0.15) is 0 Å². The van der Waals surface area contributed by atoms with Gasteiger partial charge >= 0.3 is 0 Å². The Kier molecular flexibility index (Phi) is 6.90. The molecule has 8 heteroatoms. The van der Waals surface area contributed by atoms with Crippen LogP contribution in [0.3, 0.4) is 0 Å². The number of hydrogen-bond acceptors (Lipinski definition) is 5. The van der Waals surface area contributed by atoms with Crippen molar-refractivity contribution < 1.29 is 22.7 Å². The number of nitrogens with zero attached hydrogens (tertiary/aromatic N) is 1. The van der Waals surface area contributed by atoms with Crippen LogP contribution < -0.4 is 9.46 Å². The molecular weight excluding hydrogens is 452 g/mol. The van der Waals surface area contributed by atoms with E-state index in [2.05, 4.69) is 4.72 Å². The average molecular weight is 481 g/mol. The first-order chi connectivity index (χ1) is 16.3. The van der Waals surface area contributed by atoms with Crippen LogP contribution in [0.1, 0.15) is 34.5 Å². The van der Waals surface area contributed by atoms with Crippen LogP contribution in [-0.4, -0.2) is 45.5 Å². The molecule has 3 aromatic rings. The highest BCUT2D eigenvalue weighted by Crippen LogP contribution is 2.29. The van der Waals surface area contributed by atoms with Crippen molar-refractivity contribution in [2.45, 2.75) is 31.0 Å². The van der Waals surface area contributed by atoms with Crippen LogP contribution in [0, 0.1) is 6.92 Å². The maximum Gasteiger partial charge on any atom is 0.262 e. The summed E-state index contributed by atoms with van der Waals surface area (Å²) in [6.07, 6.45) is -0.390. The van der Waals surface area contributed by atoms with Crippen molar-refractivity contribution in [1.82, 2.24) is 4.90 Å². The van der Waals surface area contributed by atoms with E-state index in [4.69, 9.17) is 9.47 Å². The van der Waals surface area contributed by atoms with Crippen LogP contribution in [0.2, 0.25) is 0 Å². The molecule has 1 N–H and O–H groups in total. The molecule has 1 aliphatic heterocycles. The van der Waals surface area contributed by atoms with Gasteiger partial charge in [0, 0.05) is 12.1 Å². The van der Waals surface area contributed by atoms with Crippen molar-refractivity contribution in [2.75, 3.05) is 24.9 Å². The van der Waals surface area contributed by atoms with Crippen molar-refractivity contribution in [3.63, 3.8) is 0 Å². The third-order valence-electron chi connectivity index (χ3n) is 5.79. The summed E-state index contributed by atoms with van der Waals surface area (Å²) < 4.78 is 40.3. The SMILES string of the molecule is COc1ccccc1NS(=O)(=O)c1cc(C(=O)N2CC(C)OC(c3ccccc3)C2)ccc1C. The minimum Gasteiger partial charge on any atom is -0.495 e. The molecule has 1 saturated heterocycles. The number of amides is 1. The fourth-order valence-electron chi connectivity index (χ4n) is 4.10. The highest BCUT2D eigenvalue weighted by Gasteiger charge is 2.30. The number of morpholine rings is 1. The third-order valence-corrected chi connectivity index (χ3v) is 7.30. The first-order valence-corrected chi connectivity index (χ1v) is 12.5. The van der Waals surface area contributed by atoms with Gasteiger partial charge in [-0.1, -0.05) is 48.5 Å². The minimum atomic E-state index is -3.95. The van der Waals surface area contributed by atoms with Gasteiger partial charge in [-0.25, -0.2) is 8.42 Å². The fraction of sp³-hybridized carbons (Fsp3) is 0.269. The quantitative estimate of drug-likeness (QED) is 0.565. The lowest BCUT2D eigenvalue weighted by Crippen LogP contribution is -2.46. The van der Waals surface area contributed by atoms with Gasteiger partial charge in [0.2, 0.25) is 0 Å². The normalized spacial score (nSPS) is 18.4. The molecule has 0 radical (unpaired) electrons. The van der Waals surface area contributed by atoms with E-state index in [0.717, 1.165) is 5.56 Å². The van der Waals surface area contributed by atoms with Crippen molar-refractivity contribution in [3.8, 4) is 5.75 Å². The monoisotopic (exact) mass is 480 g/mol.